The van der Waals surface area contributed by atoms with Crippen molar-refractivity contribution in [2.24, 2.45) is 5.92 Å². The van der Waals surface area contributed by atoms with Crippen molar-refractivity contribution in [3.05, 3.63) is 53.8 Å². The Labute approximate surface area is 123 Å². The molecule has 0 amide bonds. The highest BCUT2D eigenvalue weighted by Gasteiger charge is 2.32. The highest BCUT2D eigenvalue weighted by molar-refractivity contribution is 5.55. The van der Waals surface area contributed by atoms with Gasteiger partial charge in [0.15, 0.2) is 11.5 Å². The lowest BCUT2D eigenvalue weighted by molar-refractivity contribution is 0.373. The quantitative estimate of drug-likeness (QED) is 0.869. The first-order valence-electron chi connectivity index (χ1n) is 7.06. The van der Waals surface area contributed by atoms with Crippen molar-refractivity contribution in [3.8, 4) is 11.5 Å². The maximum atomic E-state index is 13.1. The normalized spacial score (nSPS) is 15.5. The van der Waals surface area contributed by atoms with E-state index in [4.69, 9.17) is 4.74 Å². The molecule has 0 saturated heterocycles. The molecular weight excluding hydrogens is 269 g/mol. The highest BCUT2D eigenvalue weighted by atomic mass is 19.1. The Kier molecular flexibility index (Phi) is 3.69. The van der Waals surface area contributed by atoms with Gasteiger partial charge in [-0.05, 0) is 48.6 Å². The lowest BCUT2D eigenvalue weighted by Crippen LogP contribution is -2.12. The van der Waals surface area contributed by atoms with Crippen LogP contribution in [0.5, 0.6) is 11.5 Å². The standard InChI is InChI=1S/C17H18FNO2/c1-21-16-9-8-14(10-15(16)20)19-17(11-2-3-11)12-4-6-13(18)7-5-12/h4-11,17,19-20H,2-3H2,1H3. The number of nitrogens with one attached hydrogen (secondary N) is 1. The monoisotopic (exact) mass is 287 g/mol. The van der Waals surface area contributed by atoms with Crippen molar-refractivity contribution in [2.75, 3.05) is 12.4 Å². The fourth-order valence-corrected chi connectivity index (χ4v) is 2.53. The third kappa shape index (κ3) is 3.10. The van der Waals surface area contributed by atoms with Gasteiger partial charge in [-0.3, -0.25) is 0 Å². The molecule has 3 nitrogen and oxygen atoms in total. The van der Waals surface area contributed by atoms with Gasteiger partial charge in [-0.1, -0.05) is 12.1 Å². The Balaban J connectivity index is 1.82. The van der Waals surface area contributed by atoms with Crippen molar-refractivity contribution >= 4 is 5.69 Å². The van der Waals surface area contributed by atoms with Gasteiger partial charge in [0.25, 0.3) is 0 Å². The van der Waals surface area contributed by atoms with Gasteiger partial charge in [-0.25, -0.2) is 4.39 Å². The summed E-state index contributed by atoms with van der Waals surface area (Å²) in [7, 11) is 1.52. The van der Waals surface area contributed by atoms with Gasteiger partial charge in [-0.15, -0.1) is 0 Å². The molecule has 1 fully saturated rings. The molecule has 2 N–H and O–H groups in total. The number of halogens is 1. The first-order valence-corrected chi connectivity index (χ1v) is 7.06. The van der Waals surface area contributed by atoms with Crippen LogP contribution in [0.15, 0.2) is 42.5 Å². The molecule has 0 aromatic heterocycles. The van der Waals surface area contributed by atoms with Crippen LogP contribution >= 0.6 is 0 Å². The van der Waals surface area contributed by atoms with Crippen LogP contribution in [0, 0.1) is 11.7 Å². The fourth-order valence-electron chi connectivity index (χ4n) is 2.53. The van der Waals surface area contributed by atoms with Crippen LogP contribution < -0.4 is 10.1 Å². The average Bonchev–Trinajstić information content (AvgIpc) is 3.31. The zero-order valence-corrected chi connectivity index (χ0v) is 11.8. The van der Waals surface area contributed by atoms with Crippen molar-refractivity contribution in [2.45, 2.75) is 18.9 Å². The zero-order chi connectivity index (χ0) is 14.8. The summed E-state index contributed by atoms with van der Waals surface area (Å²) in [6, 6.07) is 12.0. The van der Waals surface area contributed by atoms with E-state index in [1.165, 1.54) is 19.2 Å². The number of hydrogen-bond acceptors (Lipinski definition) is 3. The molecule has 2 aromatic carbocycles. The molecule has 110 valence electrons. The number of anilines is 1. The van der Waals surface area contributed by atoms with E-state index >= 15 is 0 Å². The Morgan fingerprint density at radius 1 is 1.19 bits per heavy atom. The Morgan fingerprint density at radius 2 is 1.90 bits per heavy atom. The highest BCUT2D eigenvalue weighted by Crippen LogP contribution is 2.43. The molecule has 3 rings (SSSR count). The average molecular weight is 287 g/mol. The van der Waals surface area contributed by atoms with Gasteiger partial charge in [0.05, 0.1) is 13.2 Å². The molecule has 2 aromatic rings. The third-order valence-corrected chi connectivity index (χ3v) is 3.82. The molecule has 1 saturated carbocycles. The minimum atomic E-state index is -0.226. The van der Waals surface area contributed by atoms with Crippen LogP contribution in [0.4, 0.5) is 10.1 Å². The second-order valence-electron chi connectivity index (χ2n) is 5.40. The van der Waals surface area contributed by atoms with Gasteiger partial charge in [-0.2, -0.15) is 0 Å². The summed E-state index contributed by atoms with van der Waals surface area (Å²) in [5.74, 6) is 0.886. The largest absolute Gasteiger partial charge is 0.504 e. The summed E-state index contributed by atoms with van der Waals surface area (Å²) in [6.45, 7) is 0. The van der Waals surface area contributed by atoms with E-state index in [-0.39, 0.29) is 17.6 Å². The van der Waals surface area contributed by atoms with Crippen molar-refractivity contribution < 1.29 is 14.2 Å². The first kappa shape index (κ1) is 13.7. The summed E-state index contributed by atoms with van der Waals surface area (Å²) < 4.78 is 18.1. The van der Waals surface area contributed by atoms with Gasteiger partial charge in [0, 0.05) is 11.8 Å². The topological polar surface area (TPSA) is 41.5 Å². The minimum absolute atomic E-state index is 0.108. The molecule has 1 aliphatic carbocycles. The lowest BCUT2D eigenvalue weighted by atomic mass is 10.0. The van der Waals surface area contributed by atoms with Crippen LogP contribution in [0.25, 0.3) is 0 Å². The minimum Gasteiger partial charge on any atom is -0.504 e. The van der Waals surface area contributed by atoms with Crippen LogP contribution in [-0.2, 0) is 0 Å². The Morgan fingerprint density at radius 3 is 2.48 bits per heavy atom. The predicted octanol–water partition coefficient (Wildman–Crippen LogP) is 4.10. The molecule has 21 heavy (non-hydrogen) atoms. The molecule has 1 unspecified atom stereocenters. The molecule has 0 bridgehead atoms. The van der Waals surface area contributed by atoms with Crippen LogP contribution in [-0.4, -0.2) is 12.2 Å². The number of hydrogen-bond donors (Lipinski definition) is 2. The zero-order valence-electron chi connectivity index (χ0n) is 11.8. The predicted molar refractivity (Wildman–Crippen MR) is 80.1 cm³/mol. The van der Waals surface area contributed by atoms with E-state index in [9.17, 15) is 9.50 Å². The Hall–Kier alpha value is -2.23. The van der Waals surface area contributed by atoms with Gasteiger partial charge in [0.1, 0.15) is 5.82 Å². The number of ether oxygens (including phenoxy) is 1. The van der Waals surface area contributed by atoms with E-state index in [0.717, 1.165) is 24.1 Å². The molecule has 1 atom stereocenters. The molecule has 0 spiro atoms. The summed E-state index contributed by atoms with van der Waals surface area (Å²) in [6.07, 6.45) is 2.33. The van der Waals surface area contributed by atoms with Crippen molar-refractivity contribution in [3.63, 3.8) is 0 Å². The summed E-state index contributed by atoms with van der Waals surface area (Å²) in [5.41, 5.74) is 1.89. The molecule has 1 aliphatic rings. The SMILES string of the molecule is COc1ccc(NC(c2ccc(F)cc2)C2CC2)cc1O. The Bertz CT molecular complexity index is 623. The molecule has 4 heteroatoms. The van der Waals surface area contributed by atoms with E-state index in [2.05, 4.69) is 5.32 Å². The smallest absolute Gasteiger partial charge is 0.160 e. The van der Waals surface area contributed by atoms with Crippen LogP contribution in [0.1, 0.15) is 24.4 Å². The van der Waals surface area contributed by atoms with Gasteiger partial charge in [0.2, 0.25) is 0 Å². The number of benzene rings is 2. The number of methoxy groups -OCH3 is 1. The summed E-state index contributed by atoms with van der Waals surface area (Å²) in [5, 5.41) is 13.3. The van der Waals surface area contributed by atoms with E-state index in [1.54, 1.807) is 12.1 Å². The summed E-state index contributed by atoms with van der Waals surface area (Å²) >= 11 is 0. The number of phenols is 1. The van der Waals surface area contributed by atoms with Crippen LogP contribution in [0.3, 0.4) is 0 Å². The molecule has 0 heterocycles. The summed E-state index contributed by atoms with van der Waals surface area (Å²) in [4.78, 5) is 0. The molecule has 0 aliphatic heterocycles. The van der Waals surface area contributed by atoms with Gasteiger partial charge >= 0.3 is 0 Å². The number of phenolic OH excluding ortho intramolecular Hbond substituents is 1. The second-order valence-corrected chi connectivity index (χ2v) is 5.40. The van der Waals surface area contributed by atoms with Crippen LogP contribution in [0.2, 0.25) is 0 Å². The van der Waals surface area contributed by atoms with E-state index in [1.807, 2.05) is 18.2 Å². The third-order valence-electron chi connectivity index (χ3n) is 3.82. The second kappa shape index (κ2) is 5.64. The fraction of sp³-hybridized carbons (Fsp3) is 0.294. The van der Waals surface area contributed by atoms with E-state index in [0.29, 0.717) is 11.7 Å². The first-order chi connectivity index (χ1) is 10.2. The van der Waals surface area contributed by atoms with Gasteiger partial charge < -0.3 is 15.2 Å². The maximum Gasteiger partial charge on any atom is 0.160 e. The van der Waals surface area contributed by atoms with E-state index < -0.39 is 0 Å². The van der Waals surface area contributed by atoms with Crippen molar-refractivity contribution in [1.29, 1.82) is 0 Å². The lowest BCUT2D eigenvalue weighted by Gasteiger charge is -2.20. The van der Waals surface area contributed by atoms with Crippen molar-refractivity contribution in [1.82, 2.24) is 0 Å². The maximum absolute atomic E-state index is 13.1. The molecule has 0 radical (unpaired) electrons. The number of aromatic hydroxyl groups is 1. The molecular formula is C17H18FNO2. The number of rotatable bonds is 5.